The van der Waals surface area contributed by atoms with E-state index in [0.29, 0.717) is 23.7 Å². The molecular formula is C27H47NO3. The van der Waals surface area contributed by atoms with Gasteiger partial charge in [-0.2, -0.15) is 4.91 Å². The van der Waals surface area contributed by atoms with Gasteiger partial charge in [0.2, 0.25) is 0 Å². The summed E-state index contributed by atoms with van der Waals surface area (Å²) >= 11 is 0. The van der Waals surface area contributed by atoms with Gasteiger partial charge in [0.25, 0.3) is 0 Å². The van der Waals surface area contributed by atoms with Gasteiger partial charge in [-0.05, 0) is 97.7 Å². The van der Waals surface area contributed by atoms with Gasteiger partial charge in [0, 0.05) is 6.42 Å². The minimum absolute atomic E-state index is 0.123. The number of carboxylic acid groups (broad SMARTS) is 1. The standard InChI is InChI=1S/C27H47NO3/c1-18(2)8-6-9-19(3)21-12-13-22-20-11-14-24(28-31)27(5,16-7-10-25(29)30)23(20)15-17-26(21,22)4/h18-24H,6-17H2,1-5H3,(H,29,30)/t19-,20+,21-,22+,23+,24?,26-,27-/m1/s1. The second-order valence-corrected chi connectivity index (χ2v) is 12.4. The number of hydrogen-bond acceptors (Lipinski definition) is 3. The monoisotopic (exact) mass is 433 g/mol. The Kier molecular flexibility index (Phi) is 7.90. The number of aliphatic carboxylic acids is 1. The van der Waals surface area contributed by atoms with E-state index in [2.05, 4.69) is 39.8 Å². The fourth-order valence-electron chi connectivity index (χ4n) is 8.61. The van der Waals surface area contributed by atoms with E-state index in [1.165, 1.54) is 44.9 Å². The number of rotatable bonds is 10. The molecule has 3 saturated carbocycles. The first kappa shape index (κ1) is 24.7. The molecular weight excluding hydrogens is 386 g/mol. The third kappa shape index (κ3) is 4.88. The molecule has 3 aliphatic rings. The van der Waals surface area contributed by atoms with Crippen LogP contribution in [-0.2, 0) is 4.79 Å². The lowest BCUT2D eigenvalue weighted by atomic mass is 9.47. The smallest absolute Gasteiger partial charge is 0.303 e. The fourth-order valence-corrected chi connectivity index (χ4v) is 8.61. The Bertz CT molecular complexity index is 634. The maximum atomic E-state index is 11.8. The molecule has 0 aromatic rings. The van der Waals surface area contributed by atoms with E-state index in [0.717, 1.165) is 42.9 Å². The van der Waals surface area contributed by atoms with Crippen LogP contribution in [-0.4, -0.2) is 17.1 Å². The van der Waals surface area contributed by atoms with Crippen LogP contribution in [0.1, 0.15) is 112 Å². The van der Waals surface area contributed by atoms with Crippen molar-refractivity contribution >= 4 is 5.97 Å². The van der Waals surface area contributed by atoms with Crippen LogP contribution >= 0.6 is 0 Å². The normalized spacial score (nSPS) is 40.9. The molecule has 3 aliphatic carbocycles. The predicted molar refractivity (Wildman–Crippen MR) is 127 cm³/mol. The predicted octanol–water partition coefficient (Wildman–Crippen LogP) is 7.70. The summed E-state index contributed by atoms with van der Waals surface area (Å²) in [6.45, 7) is 12.0. The molecule has 178 valence electrons. The molecule has 0 bridgehead atoms. The first-order valence-corrected chi connectivity index (χ1v) is 13.2. The van der Waals surface area contributed by atoms with E-state index >= 15 is 0 Å². The van der Waals surface area contributed by atoms with Crippen molar-refractivity contribution in [3.05, 3.63) is 4.91 Å². The molecule has 4 heteroatoms. The first-order valence-electron chi connectivity index (χ1n) is 13.2. The van der Waals surface area contributed by atoms with Crippen molar-refractivity contribution in [1.29, 1.82) is 0 Å². The molecule has 0 radical (unpaired) electrons. The van der Waals surface area contributed by atoms with E-state index in [-0.39, 0.29) is 17.9 Å². The molecule has 0 spiro atoms. The third-order valence-corrected chi connectivity index (χ3v) is 10.3. The van der Waals surface area contributed by atoms with Crippen LogP contribution in [0, 0.1) is 51.2 Å². The summed E-state index contributed by atoms with van der Waals surface area (Å²) in [5, 5.41) is 12.7. The molecule has 3 rings (SSSR count). The van der Waals surface area contributed by atoms with Gasteiger partial charge in [-0.1, -0.05) is 59.1 Å². The van der Waals surface area contributed by atoms with Gasteiger partial charge in [-0.15, -0.1) is 0 Å². The van der Waals surface area contributed by atoms with Gasteiger partial charge in [-0.3, -0.25) is 4.79 Å². The lowest BCUT2D eigenvalue weighted by molar-refractivity contribution is -0.137. The van der Waals surface area contributed by atoms with E-state index in [4.69, 9.17) is 5.11 Å². The van der Waals surface area contributed by atoms with Gasteiger partial charge in [0.1, 0.15) is 0 Å². The molecule has 0 amide bonds. The molecule has 0 heterocycles. The summed E-state index contributed by atoms with van der Waals surface area (Å²) in [5.74, 6) is 3.72. The highest BCUT2D eigenvalue weighted by Gasteiger charge is 2.60. The molecule has 8 atom stereocenters. The quantitative estimate of drug-likeness (QED) is 0.359. The Morgan fingerprint density at radius 1 is 1.00 bits per heavy atom. The highest BCUT2D eigenvalue weighted by atomic mass is 16.4. The molecule has 1 unspecified atom stereocenters. The Morgan fingerprint density at radius 2 is 1.74 bits per heavy atom. The topological polar surface area (TPSA) is 66.7 Å². The molecule has 0 aromatic carbocycles. The van der Waals surface area contributed by atoms with Crippen molar-refractivity contribution in [3.8, 4) is 0 Å². The number of hydrogen-bond donors (Lipinski definition) is 1. The molecule has 1 N–H and O–H groups in total. The molecule has 0 aliphatic heterocycles. The van der Waals surface area contributed by atoms with Crippen molar-refractivity contribution in [2.45, 2.75) is 118 Å². The van der Waals surface area contributed by atoms with Crippen molar-refractivity contribution in [3.63, 3.8) is 0 Å². The van der Waals surface area contributed by atoms with Crippen LogP contribution in [0.15, 0.2) is 5.18 Å². The SMILES string of the molecule is CC(C)CCC[C@@H](C)[C@H]1CC[C@H]2[C@@H]3CCC(N=O)[C@](C)(CCCC(=O)O)[C@H]3CC[C@]12C. The average Bonchev–Trinajstić information content (AvgIpc) is 3.05. The summed E-state index contributed by atoms with van der Waals surface area (Å²) < 4.78 is 0. The second kappa shape index (κ2) is 9.91. The van der Waals surface area contributed by atoms with Gasteiger partial charge in [0.15, 0.2) is 0 Å². The Balaban J connectivity index is 1.73. The van der Waals surface area contributed by atoms with Crippen LogP contribution in [0.3, 0.4) is 0 Å². The zero-order valence-electron chi connectivity index (χ0n) is 20.7. The highest BCUT2D eigenvalue weighted by molar-refractivity contribution is 5.66. The van der Waals surface area contributed by atoms with Crippen LogP contribution < -0.4 is 0 Å². The summed E-state index contributed by atoms with van der Waals surface area (Å²) in [4.78, 5) is 22.9. The summed E-state index contributed by atoms with van der Waals surface area (Å²) in [5.41, 5.74) is 0.324. The van der Waals surface area contributed by atoms with Crippen LogP contribution in [0.2, 0.25) is 0 Å². The second-order valence-electron chi connectivity index (χ2n) is 12.4. The Labute approximate surface area is 190 Å². The number of nitrogens with zero attached hydrogens (tertiary/aromatic N) is 1. The molecule has 31 heavy (non-hydrogen) atoms. The lowest BCUT2D eigenvalue weighted by Crippen LogP contribution is -2.53. The summed E-state index contributed by atoms with van der Waals surface area (Å²) in [6, 6.07) is -0.140. The van der Waals surface area contributed by atoms with Gasteiger partial charge >= 0.3 is 5.97 Å². The minimum atomic E-state index is -0.729. The molecule has 3 fully saturated rings. The van der Waals surface area contributed by atoms with E-state index in [9.17, 15) is 9.70 Å². The number of fused-ring (bicyclic) bond motifs is 3. The van der Waals surface area contributed by atoms with E-state index < -0.39 is 5.97 Å². The Hall–Kier alpha value is -0.930. The zero-order valence-corrected chi connectivity index (χ0v) is 20.7. The first-order chi connectivity index (χ1) is 14.6. The van der Waals surface area contributed by atoms with E-state index in [1.807, 2.05) is 0 Å². The highest BCUT2D eigenvalue weighted by Crippen LogP contribution is 2.66. The van der Waals surface area contributed by atoms with Crippen molar-refractivity contribution in [2.24, 2.45) is 51.5 Å². The largest absolute Gasteiger partial charge is 0.481 e. The van der Waals surface area contributed by atoms with Crippen LogP contribution in [0.25, 0.3) is 0 Å². The van der Waals surface area contributed by atoms with Crippen molar-refractivity contribution in [2.75, 3.05) is 0 Å². The summed E-state index contributed by atoms with van der Waals surface area (Å²) in [6.07, 6.45) is 13.0. The van der Waals surface area contributed by atoms with Crippen LogP contribution in [0.4, 0.5) is 0 Å². The maximum absolute atomic E-state index is 11.8. The number of nitroso groups, excluding NO2 is 1. The van der Waals surface area contributed by atoms with Gasteiger partial charge in [0.05, 0.1) is 6.04 Å². The molecule has 4 nitrogen and oxygen atoms in total. The zero-order chi connectivity index (χ0) is 22.8. The minimum Gasteiger partial charge on any atom is -0.481 e. The number of carboxylic acids is 1. The van der Waals surface area contributed by atoms with E-state index in [1.54, 1.807) is 0 Å². The Morgan fingerprint density at radius 3 is 2.39 bits per heavy atom. The van der Waals surface area contributed by atoms with Crippen molar-refractivity contribution in [1.82, 2.24) is 0 Å². The molecule has 0 saturated heterocycles. The van der Waals surface area contributed by atoms with Crippen molar-refractivity contribution < 1.29 is 9.90 Å². The fraction of sp³-hybridized carbons (Fsp3) is 0.963. The molecule has 0 aromatic heterocycles. The lowest BCUT2D eigenvalue weighted by Gasteiger charge is -2.58. The van der Waals surface area contributed by atoms with Crippen LogP contribution in [0.5, 0.6) is 0 Å². The average molecular weight is 434 g/mol. The maximum Gasteiger partial charge on any atom is 0.303 e. The van der Waals surface area contributed by atoms with Gasteiger partial charge < -0.3 is 5.11 Å². The number of carbonyl (C=O) groups is 1. The third-order valence-electron chi connectivity index (χ3n) is 10.3. The van der Waals surface area contributed by atoms with Gasteiger partial charge in [-0.25, -0.2) is 0 Å². The summed E-state index contributed by atoms with van der Waals surface area (Å²) in [7, 11) is 0.